The third-order valence-electron chi connectivity index (χ3n) is 1.48. The van der Waals surface area contributed by atoms with Gasteiger partial charge >= 0.3 is 0 Å². The van der Waals surface area contributed by atoms with Crippen LogP contribution >= 0.6 is 0 Å². The molecule has 0 spiro atoms. The van der Waals surface area contributed by atoms with E-state index in [1.54, 1.807) is 12.1 Å². The Bertz CT molecular complexity index is 211. The minimum atomic E-state index is 0.347. The van der Waals surface area contributed by atoms with Crippen molar-refractivity contribution in [3.63, 3.8) is 0 Å². The Morgan fingerprint density at radius 2 is 1.19 bits per heavy atom. The van der Waals surface area contributed by atoms with Gasteiger partial charge in [-0.2, -0.15) is 0 Å². The summed E-state index contributed by atoms with van der Waals surface area (Å²) in [4.78, 5) is 0. The minimum Gasteiger partial charge on any atom is -0.508 e. The van der Waals surface area contributed by atoms with Crippen molar-refractivity contribution < 1.29 is 5.11 Å². The molecule has 0 heterocycles. The first-order chi connectivity index (χ1) is 7.65. The molecule has 0 atom stereocenters. The molecule has 94 valence electrons. The molecule has 0 fully saturated rings. The number of benzene rings is 1. The van der Waals surface area contributed by atoms with Gasteiger partial charge in [0.05, 0.1) is 0 Å². The smallest absolute Gasteiger partial charge is 0.115 e. The maximum atomic E-state index is 8.92. The van der Waals surface area contributed by atoms with E-state index in [2.05, 4.69) is 34.6 Å². The van der Waals surface area contributed by atoms with Crippen molar-refractivity contribution in [2.45, 2.75) is 60.3 Å². The molecule has 1 rings (SSSR count). The lowest BCUT2D eigenvalue weighted by atomic mass is 10.1. The number of rotatable bonds is 2. The number of phenolic OH excluding ortho intramolecular Hbond substituents is 1. The zero-order valence-electron chi connectivity index (χ0n) is 11.6. The third-order valence-corrected chi connectivity index (χ3v) is 1.48. The molecule has 0 radical (unpaired) electrons. The van der Waals surface area contributed by atoms with E-state index in [9.17, 15) is 0 Å². The van der Waals surface area contributed by atoms with Crippen LogP contribution in [0.15, 0.2) is 24.3 Å². The molecule has 16 heavy (non-hydrogen) atoms. The Labute approximate surface area is 102 Å². The van der Waals surface area contributed by atoms with E-state index in [1.165, 1.54) is 18.4 Å². The van der Waals surface area contributed by atoms with Gasteiger partial charge in [-0.1, -0.05) is 66.0 Å². The van der Waals surface area contributed by atoms with Gasteiger partial charge in [0.2, 0.25) is 0 Å². The van der Waals surface area contributed by atoms with Crippen LogP contribution in [0.5, 0.6) is 5.75 Å². The Balaban J connectivity index is 0. The first-order valence-electron chi connectivity index (χ1n) is 6.43. The molecule has 0 unspecified atom stereocenters. The molecule has 0 aliphatic rings. The van der Waals surface area contributed by atoms with Crippen LogP contribution in [-0.4, -0.2) is 5.11 Å². The van der Waals surface area contributed by atoms with Crippen LogP contribution in [-0.2, 0) is 6.42 Å². The van der Waals surface area contributed by atoms with Crippen molar-refractivity contribution >= 4 is 0 Å². The van der Waals surface area contributed by atoms with E-state index in [-0.39, 0.29) is 0 Å². The molecule has 0 saturated carbocycles. The summed E-state index contributed by atoms with van der Waals surface area (Å²) in [6.07, 6.45) is 4.76. The van der Waals surface area contributed by atoms with Gasteiger partial charge in [0.15, 0.2) is 0 Å². The summed E-state index contributed by atoms with van der Waals surface area (Å²) in [6, 6.07) is 7.37. The van der Waals surface area contributed by atoms with Crippen molar-refractivity contribution in [3.05, 3.63) is 29.8 Å². The van der Waals surface area contributed by atoms with Crippen molar-refractivity contribution in [1.29, 1.82) is 0 Å². The molecule has 1 aromatic rings. The van der Waals surface area contributed by atoms with Gasteiger partial charge in [0, 0.05) is 0 Å². The first-order valence-corrected chi connectivity index (χ1v) is 6.43. The summed E-state index contributed by atoms with van der Waals surface area (Å²) in [5, 5.41) is 8.92. The fourth-order valence-electron chi connectivity index (χ4n) is 0.951. The summed E-state index contributed by atoms with van der Waals surface area (Å²) < 4.78 is 0. The zero-order valence-corrected chi connectivity index (χ0v) is 11.6. The molecule has 0 aliphatic heterocycles. The molecule has 1 N–H and O–H groups in total. The highest BCUT2D eigenvalue weighted by molar-refractivity contribution is 5.25. The normalized spacial score (nSPS) is 8.31. The highest BCUT2D eigenvalue weighted by atomic mass is 16.3. The maximum absolute atomic E-state index is 8.92. The van der Waals surface area contributed by atoms with Gasteiger partial charge in [-0.05, 0) is 24.1 Å². The fraction of sp³-hybridized carbons (Fsp3) is 0.600. The van der Waals surface area contributed by atoms with E-state index in [4.69, 9.17) is 5.11 Å². The molecule has 0 aliphatic carbocycles. The van der Waals surface area contributed by atoms with Crippen molar-refractivity contribution in [2.75, 3.05) is 0 Å². The van der Waals surface area contributed by atoms with Crippen molar-refractivity contribution in [1.82, 2.24) is 0 Å². The van der Waals surface area contributed by atoms with Crippen LogP contribution in [0.4, 0.5) is 0 Å². The fourth-order valence-corrected chi connectivity index (χ4v) is 0.951. The lowest BCUT2D eigenvalue weighted by Gasteiger charge is -1.96. The molecule has 0 aromatic heterocycles. The van der Waals surface area contributed by atoms with Gasteiger partial charge < -0.3 is 5.11 Å². The van der Waals surface area contributed by atoms with Crippen LogP contribution < -0.4 is 0 Å². The molecule has 0 bridgehead atoms. The van der Waals surface area contributed by atoms with Gasteiger partial charge in [-0.25, -0.2) is 0 Å². The second-order valence-electron chi connectivity index (χ2n) is 3.83. The van der Waals surface area contributed by atoms with Gasteiger partial charge in [0.25, 0.3) is 0 Å². The van der Waals surface area contributed by atoms with Gasteiger partial charge in [-0.3, -0.25) is 0 Å². The summed E-state index contributed by atoms with van der Waals surface area (Å²) in [6.45, 7) is 10.6. The summed E-state index contributed by atoms with van der Waals surface area (Å²) in [7, 11) is 0. The summed E-state index contributed by atoms with van der Waals surface area (Å²) >= 11 is 0. The minimum absolute atomic E-state index is 0.347. The Kier molecular flexibility index (Phi) is 15.3. The predicted octanol–water partition coefficient (Wildman–Crippen LogP) is 5.18. The standard InChI is InChI=1S/C9H12O.2C3H8/c1-2-3-8-4-6-9(10)7-5-8;2*1-3-2/h4-7,10H,2-3H2,1H3;2*3H2,1-2H3. The highest BCUT2D eigenvalue weighted by Gasteiger charge is 1.89. The molecule has 0 saturated heterocycles. The van der Waals surface area contributed by atoms with Crippen LogP contribution in [0.1, 0.15) is 59.4 Å². The zero-order chi connectivity index (χ0) is 12.8. The number of phenols is 1. The monoisotopic (exact) mass is 224 g/mol. The van der Waals surface area contributed by atoms with Crippen LogP contribution in [0.2, 0.25) is 0 Å². The first kappa shape index (κ1) is 17.4. The lowest BCUT2D eigenvalue weighted by Crippen LogP contribution is -1.79. The highest BCUT2D eigenvalue weighted by Crippen LogP contribution is 2.10. The topological polar surface area (TPSA) is 20.2 Å². The number of aryl methyl sites for hydroxylation is 1. The molecule has 1 aromatic carbocycles. The maximum Gasteiger partial charge on any atom is 0.115 e. The van der Waals surface area contributed by atoms with Crippen LogP contribution in [0, 0.1) is 0 Å². The molecular weight excluding hydrogens is 196 g/mol. The average molecular weight is 224 g/mol. The summed E-state index contributed by atoms with van der Waals surface area (Å²) in [5.41, 5.74) is 1.29. The number of aromatic hydroxyl groups is 1. The van der Waals surface area contributed by atoms with E-state index in [0.29, 0.717) is 5.75 Å². The Hall–Kier alpha value is -0.980. The van der Waals surface area contributed by atoms with Crippen LogP contribution in [0.25, 0.3) is 0 Å². The van der Waals surface area contributed by atoms with Gasteiger partial charge in [0.1, 0.15) is 5.75 Å². The SMILES string of the molecule is CCC.CCC.CCCc1ccc(O)cc1. The third kappa shape index (κ3) is 13.0. The predicted molar refractivity (Wildman–Crippen MR) is 74.0 cm³/mol. The molecule has 1 nitrogen and oxygen atoms in total. The number of hydrogen-bond donors (Lipinski definition) is 1. The molecule has 1 heteroatoms. The van der Waals surface area contributed by atoms with Crippen molar-refractivity contribution in [2.24, 2.45) is 0 Å². The van der Waals surface area contributed by atoms with Crippen LogP contribution in [0.3, 0.4) is 0 Å². The van der Waals surface area contributed by atoms with E-state index >= 15 is 0 Å². The van der Waals surface area contributed by atoms with Crippen molar-refractivity contribution in [3.8, 4) is 5.75 Å². The Morgan fingerprint density at radius 1 is 0.812 bits per heavy atom. The van der Waals surface area contributed by atoms with E-state index < -0.39 is 0 Å². The summed E-state index contributed by atoms with van der Waals surface area (Å²) in [5.74, 6) is 0.347. The lowest BCUT2D eigenvalue weighted by molar-refractivity contribution is 0.475. The second kappa shape index (κ2) is 14.0. The quantitative estimate of drug-likeness (QED) is 0.734. The van der Waals surface area contributed by atoms with Gasteiger partial charge in [-0.15, -0.1) is 0 Å². The van der Waals surface area contributed by atoms with E-state index in [0.717, 1.165) is 12.8 Å². The average Bonchev–Trinajstić information content (AvgIpc) is 2.24. The molecular formula is C15H28O. The molecule has 0 amide bonds. The number of hydrogen-bond acceptors (Lipinski definition) is 1. The second-order valence-corrected chi connectivity index (χ2v) is 3.83. The largest absolute Gasteiger partial charge is 0.508 e. The Morgan fingerprint density at radius 3 is 1.50 bits per heavy atom. The van der Waals surface area contributed by atoms with E-state index in [1.807, 2.05) is 12.1 Å².